The van der Waals surface area contributed by atoms with Crippen LogP contribution in [0.3, 0.4) is 0 Å². The summed E-state index contributed by atoms with van der Waals surface area (Å²) in [7, 11) is 0. The van der Waals surface area contributed by atoms with Crippen molar-refractivity contribution in [3.63, 3.8) is 0 Å². The Hall–Kier alpha value is -2.77. The minimum atomic E-state index is -1.08. The van der Waals surface area contributed by atoms with Crippen molar-refractivity contribution >= 4 is 11.9 Å². The Balaban J connectivity index is 1.83. The lowest BCUT2D eigenvalue weighted by Gasteiger charge is -2.40. The summed E-state index contributed by atoms with van der Waals surface area (Å²) in [6, 6.07) is 0. The van der Waals surface area contributed by atoms with Crippen molar-refractivity contribution in [2.45, 2.75) is 24.8 Å². The molecule has 1 aliphatic carbocycles. The van der Waals surface area contributed by atoms with E-state index in [0.717, 1.165) is 6.42 Å². The fourth-order valence-electron chi connectivity index (χ4n) is 2.32. The minimum absolute atomic E-state index is 0.00465. The van der Waals surface area contributed by atoms with Crippen LogP contribution in [0.1, 0.15) is 46.1 Å². The van der Waals surface area contributed by atoms with Crippen molar-refractivity contribution in [2.75, 3.05) is 0 Å². The molecule has 0 bridgehead atoms. The molecule has 0 spiro atoms. The third-order valence-electron chi connectivity index (χ3n) is 3.62. The molecule has 1 saturated carbocycles. The summed E-state index contributed by atoms with van der Waals surface area (Å²) < 4.78 is 0. The third-order valence-corrected chi connectivity index (χ3v) is 3.62. The highest BCUT2D eigenvalue weighted by molar-refractivity contribution is 5.92. The molecule has 1 amide bonds. The highest BCUT2D eigenvalue weighted by atomic mass is 16.4. The molecule has 21 heavy (non-hydrogen) atoms. The molecule has 1 aliphatic rings. The molecule has 0 radical (unpaired) electrons. The predicted molar refractivity (Wildman–Crippen MR) is 70.6 cm³/mol. The van der Waals surface area contributed by atoms with Gasteiger partial charge in [0.1, 0.15) is 17.2 Å². The molecule has 3 rings (SSSR count). The Kier molecular flexibility index (Phi) is 3.13. The van der Waals surface area contributed by atoms with Gasteiger partial charge in [-0.3, -0.25) is 9.78 Å². The molecular formula is C13H13N5O3. The maximum Gasteiger partial charge on any atom is 0.353 e. The Morgan fingerprint density at radius 1 is 1.24 bits per heavy atom. The standard InChI is InChI=1S/C13H13N5O3/c19-10(8-6-14-4-5-15-8)18-13(2-1-3-13)12-16-7-9(17-12)11(20)21/h4-7H,1-3H2,(H,16,17)(H,18,19)(H,20,21). The van der Waals surface area contributed by atoms with Crippen LogP contribution in [0.25, 0.3) is 0 Å². The van der Waals surface area contributed by atoms with Gasteiger partial charge in [0.15, 0.2) is 0 Å². The number of nitrogens with one attached hydrogen (secondary N) is 2. The van der Waals surface area contributed by atoms with E-state index < -0.39 is 11.5 Å². The largest absolute Gasteiger partial charge is 0.477 e. The number of carboxylic acid groups (broad SMARTS) is 1. The smallest absolute Gasteiger partial charge is 0.353 e. The number of carbonyl (C=O) groups excluding carboxylic acids is 1. The normalized spacial score (nSPS) is 16.0. The number of aromatic carboxylic acids is 1. The van der Waals surface area contributed by atoms with Gasteiger partial charge in [-0.1, -0.05) is 0 Å². The number of H-pyrrole nitrogens is 1. The molecule has 0 atom stereocenters. The van der Waals surface area contributed by atoms with Gasteiger partial charge in [-0.05, 0) is 19.3 Å². The predicted octanol–water partition coefficient (Wildman–Crippen LogP) is 0.707. The van der Waals surface area contributed by atoms with Crippen LogP contribution in [0.5, 0.6) is 0 Å². The average Bonchev–Trinajstić information content (AvgIpc) is 2.93. The van der Waals surface area contributed by atoms with Crippen LogP contribution in [0.15, 0.2) is 24.8 Å². The number of imidazole rings is 1. The second-order valence-electron chi connectivity index (χ2n) is 4.93. The van der Waals surface area contributed by atoms with Crippen molar-refractivity contribution in [3.05, 3.63) is 42.0 Å². The summed E-state index contributed by atoms with van der Waals surface area (Å²) in [6.07, 6.45) is 7.90. The van der Waals surface area contributed by atoms with Gasteiger partial charge in [-0.2, -0.15) is 0 Å². The number of hydrogen-bond donors (Lipinski definition) is 3. The van der Waals surface area contributed by atoms with Crippen LogP contribution in [0.4, 0.5) is 0 Å². The number of nitrogens with zero attached hydrogens (tertiary/aromatic N) is 3. The van der Waals surface area contributed by atoms with Crippen molar-refractivity contribution in [1.29, 1.82) is 0 Å². The van der Waals surface area contributed by atoms with E-state index in [2.05, 4.69) is 25.3 Å². The first-order valence-corrected chi connectivity index (χ1v) is 6.48. The second-order valence-corrected chi connectivity index (χ2v) is 4.93. The van der Waals surface area contributed by atoms with Gasteiger partial charge in [0.05, 0.1) is 17.9 Å². The first kappa shape index (κ1) is 13.2. The van der Waals surface area contributed by atoms with E-state index in [4.69, 9.17) is 5.11 Å². The van der Waals surface area contributed by atoms with E-state index in [1.54, 1.807) is 0 Å². The fraction of sp³-hybridized carbons (Fsp3) is 0.308. The molecule has 0 saturated heterocycles. The molecule has 2 aromatic heterocycles. The Morgan fingerprint density at radius 2 is 2.05 bits per heavy atom. The van der Waals surface area contributed by atoms with Gasteiger partial charge < -0.3 is 15.4 Å². The first-order valence-electron chi connectivity index (χ1n) is 6.48. The lowest BCUT2D eigenvalue weighted by Crippen LogP contribution is -2.51. The summed E-state index contributed by atoms with van der Waals surface area (Å²) in [5, 5.41) is 11.8. The number of aromatic nitrogens is 4. The lowest BCUT2D eigenvalue weighted by atomic mass is 9.76. The maximum atomic E-state index is 12.2. The molecule has 0 unspecified atom stereocenters. The molecule has 0 aromatic carbocycles. The zero-order valence-electron chi connectivity index (χ0n) is 11.0. The summed E-state index contributed by atoms with van der Waals surface area (Å²) >= 11 is 0. The molecule has 8 nitrogen and oxygen atoms in total. The zero-order chi connectivity index (χ0) is 14.9. The molecule has 3 N–H and O–H groups in total. The van der Waals surface area contributed by atoms with Crippen LogP contribution < -0.4 is 5.32 Å². The van der Waals surface area contributed by atoms with Crippen molar-refractivity contribution in [3.8, 4) is 0 Å². The second kappa shape index (κ2) is 4.97. The number of carboxylic acids is 1. The topological polar surface area (TPSA) is 121 Å². The van der Waals surface area contributed by atoms with Crippen LogP contribution in [-0.2, 0) is 5.54 Å². The van der Waals surface area contributed by atoms with Gasteiger partial charge in [0.2, 0.25) is 0 Å². The van der Waals surface area contributed by atoms with Gasteiger partial charge in [-0.15, -0.1) is 0 Å². The van der Waals surface area contributed by atoms with Crippen LogP contribution >= 0.6 is 0 Å². The van der Waals surface area contributed by atoms with E-state index >= 15 is 0 Å². The number of amides is 1. The Labute approximate surface area is 119 Å². The van der Waals surface area contributed by atoms with Crippen LogP contribution in [0.2, 0.25) is 0 Å². The van der Waals surface area contributed by atoms with Crippen molar-refractivity contribution in [1.82, 2.24) is 25.3 Å². The molecule has 108 valence electrons. The number of aromatic amines is 1. The number of hydrogen-bond acceptors (Lipinski definition) is 5. The van der Waals surface area contributed by atoms with Gasteiger partial charge in [0, 0.05) is 12.4 Å². The summed E-state index contributed by atoms with van der Waals surface area (Å²) in [5.41, 5.74) is -0.429. The molecule has 2 heterocycles. The van der Waals surface area contributed by atoms with E-state index in [0.29, 0.717) is 18.7 Å². The quantitative estimate of drug-likeness (QED) is 0.761. The highest BCUT2D eigenvalue weighted by Crippen LogP contribution is 2.39. The van der Waals surface area contributed by atoms with Gasteiger partial charge in [0.25, 0.3) is 5.91 Å². The summed E-state index contributed by atoms with van der Waals surface area (Å²) in [5.74, 6) is -0.969. The van der Waals surface area contributed by atoms with E-state index in [9.17, 15) is 9.59 Å². The Bertz CT molecular complexity index is 678. The molecule has 2 aromatic rings. The van der Waals surface area contributed by atoms with Gasteiger partial charge >= 0.3 is 5.97 Å². The Morgan fingerprint density at radius 3 is 2.57 bits per heavy atom. The fourth-order valence-corrected chi connectivity index (χ4v) is 2.32. The zero-order valence-corrected chi connectivity index (χ0v) is 11.0. The van der Waals surface area contributed by atoms with E-state index in [1.807, 2.05) is 0 Å². The van der Waals surface area contributed by atoms with E-state index in [1.165, 1.54) is 24.8 Å². The third kappa shape index (κ3) is 2.35. The lowest BCUT2D eigenvalue weighted by molar-refractivity contribution is 0.0690. The molecule has 0 aliphatic heterocycles. The minimum Gasteiger partial charge on any atom is -0.477 e. The van der Waals surface area contributed by atoms with Crippen LogP contribution in [-0.4, -0.2) is 36.9 Å². The number of rotatable bonds is 4. The molecule has 1 fully saturated rings. The van der Waals surface area contributed by atoms with Crippen LogP contribution in [0, 0.1) is 0 Å². The number of carbonyl (C=O) groups is 2. The average molecular weight is 287 g/mol. The molecule has 8 heteroatoms. The first-order chi connectivity index (χ1) is 10.1. The monoisotopic (exact) mass is 287 g/mol. The maximum absolute atomic E-state index is 12.2. The van der Waals surface area contributed by atoms with Gasteiger partial charge in [-0.25, -0.2) is 14.8 Å². The van der Waals surface area contributed by atoms with Crippen molar-refractivity contribution < 1.29 is 14.7 Å². The van der Waals surface area contributed by atoms with Crippen molar-refractivity contribution in [2.24, 2.45) is 0 Å². The summed E-state index contributed by atoms with van der Waals surface area (Å²) in [4.78, 5) is 37.8. The summed E-state index contributed by atoms with van der Waals surface area (Å²) in [6.45, 7) is 0. The SMILES string of the molecule is O=C(NC1(c2ncc(C(=O)O)[nH]2)CCC1)c1cnccn1. The molecular weight excluding hydrogens is 274 g/mol. The van der Waals surface area contributed by atoms with E-state index in [-0.39, 0.29) is 17.3 Å². The highest BCUT2D eigenvalue weighted by Gasteiger charge is 2.43.